The molecule has 0 aliphatic carbocycles. The first kappa shape index (κ1) is 15.3. The highest BCUT2D eigenvalue weighted by molar-refractivity contribution is 5.43. The zero-order valence-electron chi connectivity index (χ0n) is 12.4. The molecule has 1 atom stereocenters. The van der Waals surface area contributed by atoms with Gasteiger partial charge in [0.15, 0.2) is 11.6 Å². The lowest BCUT2D eigenvalue weighted by Gasteiger charge is -2.22. The van der Waals surface area contributed by atoms with Crippen LogP contribution in [-0.2, 0) is 0 Å². The lowest BCUT2D eigenvalue weighted by atomic mass is 9.98. The summed E-state index contributed by atoms with van der Waals surface area (Å²) >= 11 is 0. The van der Waals surface area contributed by atoms with Crippen LogP contribution in [0.2, 0.25) is 0 Å². The number of nitrogens with one attached hydrogen (secondary N) is 1. The van der Waals surface area contributed by atoms with E-state index in [1.54, 1.807) is 37.7 Å². The van der Waals surface area contributed by atoms with E-state index in [1.165, 1.54) is 7.11 Å². The molecule has 1 aromatic heterocycles. The number of rotatable bonds is 6. The molecule has 2 rings (SSSR count). The number of pyridine rings is 1. The molecular formula is C16H19FN2O2. The Hall–Kier alpha value is -2.14. The van der Waals surface area contributed by atoms with Gasteiger partial charge in [0.25, 0.3) is 0 Å². The normalized spacial score (nSPS) is 12.0. The van der Waals surface area contributed by atoms with Crippen molar-refractivity contribution in [2.45, 2.75) is 13.0 Å². The molecule has 0 aliphatic heterocycles. The first-order chi connectivity index (χ1) is 10.2. The van der Waals surface area contributed by atoms with Gasteiger partial charge in [-0.25, -0.2) is 4.39 Å². The molecule has 4 nitrogen and oxygen atoms in total. The molecule has 0 amide bonds. The van der Waals surface area contributed by atoms with Crippen molar-refractivity contribution < 1.29 is 13.9 Å². The van der Waals surface area contributed by atoms with E-state index in [4.69, 9.17) is 9.47 Å². The quantitative estimate of drug-likeness (QED) is 0.888. The molecule has 0 radical (unpaired) electrons. The fourth-order valence-electron chi connectivity index (χ4n) is 2.30. The molecule has 112 valence electrons. The number of methoxy groups -OCH3 is 2. The highest BCUT2D eigenvalue weighted by Crippen LogP contribution is 2.33. The number of hydrogen-bond acceptors (Lipinski definition) is 4. The van der Waals surface area contributed by atoms with Crippen molar-refractivity contribution in [3.63, 3.8) is 0 Å². The first-order valence-corrected chi connectivity index (χ1v) is 6.76. The van der Waals surface area contributed by atoms with Crippen LogP contribution >= 0.6 is 0 Å². The van der Waals surface area contributed by atoms with Gasteiger partial charge in [-0.05, 0) is 18.7 Å². The zero-order valence-corrected chi connectivity index (χ0v) is 12.4. The van der Waals surface area contributed by atoms with Crippen LogP contribution in [0.3, 0.4) is 0 Å². The molecule has 0 saturated carbocycles. The SMILES string of the molecule is CCNC(c1ccncc1OC)c1cccc(OC)c1F. The van der Waals surface area contributed by atoms with E-state index in [2.05, 4.69) is 10.3 Å². The number of halogens is 1. The van der Waals surface area contributed by atoms with Gasteiger partial charge < -0.3 is 14.8 Å². The smallest absolute Gasteiger partial charge is 0.170 e. The van der Waals surface area contributed by atoms with Crippen LogP contribution in [0.25, 0.3) is 0 Å². The van der Waals surface area contributed by atoms with Crippen LogP contribution in [0.15, 0.2) is 36.7 Å². The lowest BCUT2D eigenvalue weighted by molar-refractivity contribution is 0.379. The van der Waals surface area contributed by atoms with Crippen LogP contribution in [-0.4, -0.2) is 25.7 Å². The maximum Gasteiger partial charge on any atom is 0.170 e. The molecule has 2 aromatic rings. The van der Waals surface area contributed by atoms with Crippen LogP contribution in [0.1, 0.15) is 24.1 Å². The number of ether oxygens (including phenoxy) is 2. The van der Waals surface area contributed by atoms with Gasteiger partial charge in [0.2, 0.25) is 0 Å². The van der Waals surface area contributed by atoms with E-state index in [1.807, 2.05) is 13.0 Å². The average molecular weight is 290 g/mol. The van der Waals surface area contributed by atoms with Crippen LogP contribution in [0, 0.1) is 5.82 Å². The number of aromatic nitrogens is 1. The Kier molecular flexibility index (Phi) is 5.11. The van der Waals surface area contributed by atoms with E-state index in [0.29, 0.717) is 17.9 Å². The van der Waals surface area contributed by atoms with Gasteiger partial charge in [0.05, 0.1) is 26.5 Å². The summed E-state index contributed by atoms with van der Waals surface area (Å²) in [6, 6.07) is 6.61. The van der Waals surface area contributed by atoms with E-state index < -0.39 is 0 Å². The summed E-state index contributed by atoms with van der Waals surface area (Å²) in [6.07, 6.45) is 3.29. The molecule has 0 aliphatic rings. The second-order valence-corrected chi connectivity index (χ2v) is 4.47. The van der Waals surface area contributed by atoms with Gasteiger partial charge in [-0.3, -0.25) is 4.98 Å². The predicted octanol–water partition coefficient (Wildman–Crippen LogP) is 2.94. The molecule has 1 heterocycles. The van der Waals surface area contributed by atoms with Gasteiger partial charge >= 0.3 is 0 Å². The zero-order chi connectivity index (χ0) is 15.2. The summed E-state index contributed by atoms with van der Waals surface area (Å²) in [6.45, 7) is 2.66. The summed E-state index contributed by atoms with van der Waals surface area (Å²) < 4.78 is 24.9. The minimum atomic E-state index is -0.371. The molecular weight excluding hydrogens is 271 g/mol. The monoisotopic (exact) mass is 290 g/mol. The van der Waals surface area contributed by atoms with Crippen LogP contribution in [0.5, 0.6) is 11.5 Å². The molecule has 1 unspecified atom stereocenters. The van der Waals surface area contributed by atoms with Crippen molar-refractivity contribution in [2.75, 3.05) is 20.8 Å². The molecule has 0 saturated heterocycles. The third kappa shape index (κ3) is 3.13. The summed E-state index contributed by atoms with van der Waals surface area (Å²) in [5.41, 5.74) is 1.35. The Labute approximate surface area is 123 Å². The van der Waals surface area contributed by atoms with Crippen LogP contribution < -0.4 is 14.8 Å². The van der Waals surface area contributed by atoms with Gasteiger partial charge in [-0.2, -0.15) is 0 Å². The highest BCUT2D eigenvalue weighted by Gasteiger charge is 2.22. The number of hydrogen-bond donors (Lipinski definition) is 1. The largest absolute Gasteiger partial charge is 0.495 e. The Bertz CT molecular complexity index is 605. The van der Waals surface area contributed by atoms with Crippen molar-refractivity contribution in [1.29, 1.82) is 0 Å². The lowest BCUT2D eigenvalue weighted by Crippen LogP contribution is -2.23. The number of nitrogens with zero attached hydrogens (tertiary/aromatic N) is 1. The Morgan fingerprint density at radius 1 is 1.14 bits per heavy atom. The van der Waals surface area contributed by atoms with Gasteiger partial charge in [0.1, 0.15) is 5.75 Å². The standard InChI is InChI=1S/C16H19FN2O2/c1-4-19-16(11-8-9-18-10-14(11)21-3)12-6-5-7-13(20-2)15(12)17/h5-10,16,19H,4H2,1-3H3. The second-order valence-electron chi connectivity index (χ2n) is 4.47. The average Bonchev–Trinajstić information content (AvgIpc) is 2.53. The van der Waals surface area contributed by atoms with E-state index in [9.17, 15) is 4.39 Å². The predicted molar refractivity (Wildman–Crippen MR) is 79.3 cm³/mol. The second kappa shape index (κ2) is 7.04. The Morgan fingerprint density at radius 3 is 2.57 bits per heavy atom. The number of benzene rings is 1. The fourth-order valence-corrected chi connectivity index (χ4v) is 2.30. The van der Waals surface area contributed by atoms with Gasteiger partial charge in [-0.1, -0.05) is 19.1 Å². The van der Waals surface area contributed by atoms with E-state index in [-0.39, 0.29) is 17.6 Å². The third-order valence-electron chi connectivity index (χ3n) is 3.28. The van der Waals surface area contributed by atoms with Crippen molar-refractivity contribution in [3.05, 3.63) is 53.6 Å². The van der Waals surface area contributed by atoms with Crippen molar-refractivity contribution in [2.24, 2.45) is 0 Å². The topological polar surface area (TPSA) is 43.4 Å². The molecule has 0 fully saturated rings. The van der Waals surface area contributed by atoms with Crippen LogP contribution in [0.4, 0.5) is 4.39 Å². The first-order valence-electron chi connectivity index (χ1n) is 6.76. The van der Waals surface area contributed by atoms with Crippen molar-refractivity contribution >= 4 is 0 Å². The molecule has 21 heavy (non-hydrogen) atoms. The third-order valence-corrected chi connectivity index (χ3v) is 3.28. The molecule has 5 heteroatoms. The highest BCUT2D eigenvalue weighted by atomic mass is 19.1. The summed E-state index contributed by atoms with van der Waals surface area (Å²) in [5.74, 6) is 0.471. The van der Waals surface area contributed by atoms with Gasteiger partial charge in [0, 0.05) is 17.3 Å². The fraction of sp³-hybridized carbons (Fsp3) is 0.312. The molecule has 1 aromatic carbocycles. The van der Waals surface area contributed by atoms with E-state index >= 15 is 0 Å². The van der Waals surface area contributed by atoms with E-state index in [0.717, 1.165) is 5.56 Å². The van der Waals surface area contributed by atoms with Crippen molar-refractivity contribution in [3.8, 4) is 11.5 Å². The minimum Gasteiger partial charge on any atom is -0.495 e. The minimum absolute atomic E-state index is 0.225. The Morgan fingerprint density at radius 2 is 1.90 bits per heavy atom. The van der Waals surface area contributed by atoms with Gasteiger partial charge in [-0.15, -0.1) is 0 Å². The Balaban J connectivity index is 2.53. The summed E-state index contributed by atoms with van der Waals surface area (Å²) in [7, 11) is 3.03. The maximum absolute atomic E-state index is 14.5. The summed E-state index contributed by atoms with van der Waals surface area (Å²) in [4.78, 5) is 4.04. The molecule has 0 spiro atoms. The molecule has 1 N–H and O–H groups in total. The molecule has 0 bridgehead atoms. The summed E-state index contributed by atoms with van der Waals surface area (Å²) in [5, 5.41) is 3.28. The van der Waals surface area contributed by atoms with Crippen molar-refractivity contribution in [1.82, 2.24) is 10.3 Å². The maximum atomic E-state index is 14.5.